The van der Waals surface area contributed by atoms with Gasteiger partial charge in [-0.15, -0.1) is 0 Å². The summed E-state index contributed by atoms with van der Waals surface area (Å²) in [5.74, 6) is 0. The Kier molecular flexibility index (Phi) is 3.70. The molecule has 0 spiro atoms. The van der Waals surface area contributed by atoms with Gasteiger partial charge >= 0.3 is 0 Å². The van der Waals surface area contributed by atoms with Crippen molar-refractivity contribution < 1.29 is 29.9 Å². The van der Waals surface area contributed by atoms with Crippen LogP contribution in [0.1, 0.15) is 20.8 Å². The molecule has 6 nitrogen and oxygen atoms in total. The van der Waals surface area contributed by atoms with Gasteiger partial charge in [0.15, 0.2) is 12.6 Å². The molecule has 1 fully saturated rings. The molecule has 90 valence electrons. The standard InChI is InChI=1S/C9H18O6/c1-9(2,3)15-8-6(12)4(10)5(11)7(13)14-8/h4-8,10-13H,1-3H3/t4-,5-,6+,7-,8-/m0/s1. The third-order valence-corrected chi connectivity index (χ3v) is 2.01. The van der Waals surface area contributed by atoms with E-state index in [2.05, 4.69) is 0 Å². The molecule has 0 aliphatic carbocycles. The van der Waals surface area contributed by atoms with Crippen molar-refractivity contribution in [2.24, 2.45) is 0 Å². The second-order valence-corrected chi connectivity index (χ2v) is 4.60. The van der Waals surface area contributed by atoms with Gasteiger partial charge < -0.3 is 29.9 Å². The summed E-state index contributed by atoms with van der Waals surface area (Å²) in [6, 6.07) is 0. The smallest absolute Gasteiger partial charge is 0.189 e. The summed E-state index contributed by atoms with van der Waals surface area (Å²) in [4.78, 5) is 0. The second-order valence-electron chi connectivity index (χ2n) is 4.60. The number of aliphatic hydroxyl groups excluding tert-OH is 4. The first-order valence-corrected chi connectivity index (χ1v) is 4.78. The van der Waals surface area contributed by atoms with Crippen LogP contribution >= 0.6 is 0 Å². The van der Waals surface area contributed by atoms with Crippen LogP contribution in [0.2, 0.25) is 0 Å². The highest BCUT2D eigenvalue weighted by Gasteiger charge is 2.44. The maximum atomic E-state index is 9.52. The highest BCUT2D eigenvalue weighted by molar-refractivity contribution is 4.85. The Bertz CT molecular complexity index is 213. The minimum absolute atomic E-state index is 0.590. The fourth-order valence-corrected chi connectivity index (χ4v) is 1.28. The first-order chi connectivity index (χ1) is 6.72. The minimum Gasteiger partial charge on any atom is -0.387 e. The van der Waals surface area contributed by atoms with Crippen molar-refractivity contribution in [2.45, 2.75) is 57.3 Å². The van der Waals surface area contributed by atoms with Crippen LogP contribution in [0.3, 0.4) is 0 Å². The lowest BCUT2D eigenvalue weighted by molar-refractivity contribution is -0.355. The van der Waals surface area contributed by atoms with Crippen molar-refractivity contribution in [2.75, 3.05) is 0 Å². The number of ether oxygens (including phenoxy) is 2. The van der Waals surface area contributed by atoms with E-state index in [0.29, 0.717) is 0 Å². The molecule has 0 aromatic heterocycles. The molecule has 1 aliphatic rings. The van der Waals surface area contributed by atoms with Crippen LogP contribution in [0.5, 0.6) is 0 Å². The highest BCUT2D eigenvalue weighted by Crippen LogP contribution is 2.24. The predicted octanol–water partition coefficient (Wildman–Crippen LogP) is -1.44. The lowest BCUT2D eigenvalue weighted by Gasteiger charge is -2.40. The molecule has 1 rings (SSSR count). The summed E-state index contributed by atoms with van der Waals surface area (Å²) >= 11 is 0. The lowest BCUT2D eigenvalue weighted by Crippen LogP contribution is -2.59. The predicted molar refractivity (Wildman–Crippen MR) is 49.7 cm³/mol. The fourth-order valence-electron chi connectivity index (χ4n) is 1.28. The first kappa shape index (κ1) is 12.8. The van der Waals surface area contributed by atoms with Gasteiger partial charge in [0.2, 0.25) is 0 Å². The van der Waals surface area contributed by atoms with Gasteiger partial charge in [-0.25, -0.2) is 0 Å². The zero-order valence-corrected chi connectivity index (χ0v) is 8.99. The highest BCUT2D eigenvalue weighted by atomic mass is 16.8. The Morgan fingerprint density at radius 2 is 1.47 bits per heavy atom. The molecule has 1 aliphatic heterocycles. The molecule has 1 heterocycles. The normalized spacial score (nSPS) is 43.0. The van der Waals surface area contributed by atoms with Crippen LogP contribution in [-0.4, -0.2) is 56.9 Å². The fraction of sp³-hybridized carbons (Fsp3) is 1.00. The Labute approximate surface area is 88.1 Å². The molecule has 0 unspecified atom stereocenters. The number of rotatable bonds is 1. The summed E-state index contributed by atoms with van der Waals surface area (Å²) in [5, 5.41) is 37.3. The minimum atomic E-state index is -1.56. The Morgan fingerprint density at radius 3 is 1.93 bits per heavy atom. The molecule has 0 aromatic carbocycles. The van der Waals surface area contributed by atoms with Gasteiger partial charge in [-0.2, -0.15) is 0 Å². The molecule has 6 heteroatoms. The van der Waals surface area contributed by atoms with Crippen LogP contribution in [0.4, 0.5) is 0 Å². The largest absolute Gasteiger partial charge is 0.387 e. The summed E-state index contributed by atoms with van der Waals surface area (Å²) in [5.41, 5.74) is -0.590. The molecule has 0 radical (unpaired) electrons. The Balaban J connectivity index is 2.67. The zero-order valence-electron chi connectivity index (χ0n) is 8.99. The monoisotopic (exact) mass is 222 g/mol. The Hall–Kier alpha value is -0.240. The first-order valence-electron chi connectivity index (χ1n) is 4.78. The van der Waals surface area contributed by atoms with E-state index >= 15 is 0 Å². The lowest BCUT2D eigenvalue weighted by atomic mass is 10.0. The van der Waals surface area contributed by atoms with Crippen LogP contribution < -0.4 is 0 Å². The van der Waals surface area contributed by atoms with Gasteiger partial charge in [0.25, 0.3) is 0 Å². The molecule has 0 saturated carbocycles. The number of hydrogen-bond acceptors (Lipinski definition) is 6. The molecule has 15 heavy (non-hydrogen) atoms. The zero-order chi connectivity index (χ0) is 11.8. The molecule has 5 atom stereocenters. The van der Waals surface area contributed by atoms with E-state index in [0.717, 1.165) is 0 Å². The third kappa shape index (κ3) is 3.10. The van der Waals surface area contributed by atoms with Crippen molar-refractivity contribution in [3.05, 3.63) is 0 Å². The van der Waals surface area contributed by atoms with Crippen LogP contribution in [0, 0.1) is 0 Å². The van der Waals surface area contributed by atoms with Gasteiger partial charge in [0.1, 0.15) is 18.3 Å². The van der Waals surface area contributed by atoms with Crippen molar-refractivity contribution >= 4 is 0 Å². The van der Waals surface area contributed by atoms with E-state index < -0.39 is 36.5 Å². The van der Waals surface area contributed by atoms with Gasteiger partial charge in [-0.3, -0.25) is 0 Å². The molecule has 0 amide bonds. The Morgan fingerprint density at radius 1 is 0.933 bits per heavy atom. The van der Waals surface area contributed by atoms with E-state index in [1.165, 1.54) is 0 Å². The molecular weight excluding hydrogens is 204 g/mol. The molecular formula is C9H18O6. The molecule has 1 saturated heterocycles. The van der Waals surface area contributed by atoms with E-state index in [4.69, 9.17) is 9.47 Å². The van der Waals surface area contributed by atoms with E-state index in [1.54, 1.807) is 20.8 Å². The average molecular weight is 222 g/mol. The van der Waals surface area contributed by atoms with E-state index in [-0.39, 0.29) is 0 Å². The molecule has 4 N–H and O–H groups in total. The number of aliphatic hydroxyl groups is 4. The van der Waals surface area contributed by atoms with Crippen LogP contribution in [-0.2, 0) is 9.47 Å². The maximum Gasteiger partial charge on any atom is 0.189 e. The number of hydrogen-bond donors (Lipinski definition) is 4. The summed E-state index contributed by atoms with van der Waals surface area (Å²) in [6.07, 6.45) is -7.11. The van der Waals surface area contributed by atoms with Gasteiger partial charge in [-0.1, -0.05) is 0 Å². The van der Waals surface area contributed by atoms with Crippen molar-refractivity contribution in [3.63, 3.8) is 0 Å². The topological polar surface area (TPSA) is 99.4 Å². The average Bonchev–Trinajstić information content (AvgIpc) is 2.08. The van der Waals surface area contributed by atoms with Crippen molar-refractivity contribution in [1.82, 2.24) is 0 Å². The SMILES string of the molecule is CC(C)(C)O[C@@H]1O[C@H](O)[C@@H](O)[C@H](O)[C@H]1O. The van der Waals surface area contributed by atoms with Crippen LogP contribution in [0.25, 0.3) is 0 Å². The van der Waals surface area contributed by atoms with Gasteiger partial charge in [0.05, 0.1) is 5.60 Å². The molecule has 0 bridgehead atoms. The van der Waals surface area contributed by atoms with Crippen LogP contribution in [0.15, 0.2) is 0 Å². The summed E-state index contributed by atoms with van der Waals surface area (Å²) in [6.45, 7) is 5.23. The third-order valence-electron chi connectivity index (χ3n) is 2.01. The van der Waals surface area contributed by atoms with Gasteiger partial charge in [-0.05, 0) is 20.8 Å². The maximum absolute atomic E-state index is 9.52. The van der Waals surface area contributed by atoms with Crippen molar-refractivity contribution in [1.29, 1.82) is 0 Å². The molecule has 0 aromatic rings. The quantitative estimate of drug-likeness (QED) is 0.433. The summed E-state index contributed by atoms with van der Waals surface area (Å²) in [7, 11) is 0. The summed E-state index contributed by atoms with van der Waals surface area (Å²) < 4.78 is 10.1. The van der Waals surface area contributed by atoms with Crippen molar-refractivity contribution in [3.8, 4) is 0 Å². The second kappa shape index (κ2) is 4.32. The van der Waals surface area contributed by atoms with E-state index in [1.807, 2.05) is 0 Å². The van der Waals surface area contributed by atoms with E-state index in [9.17, 15) is 20.4 Å². The van der Waals surface area contributed by atoms with Gasteiger partial charge in [0, 0.05) is 0 Å².